The number of carboxylic acid groups (broad SMARTS) is 1. The molecule has 0 saturated carbocycles. The van der Waals surface area contributed by atoms with Crippen molar-refractivity contribution < 1.29 is 14.7 Å². The molecule has 5 heteroatoms. The van der Waals surface area contributed by atoms with Crippen molar-refractivity contribution >= 4 is 11.9 Å². The van der Waals surface area contributed by atoms with Crippen LogP contribution < -0.4 is 5.32 Å². The van der Waals surface area contributed by atoms with Crippen molar-refractivity contribution in [2.24, 2.45) is 11.8 Å². The monoisotopic (exact) mass is 254 g/mol. The van der Waals surface area contributed by atoms with E-state index in [-0.39, 0.29) is 17.9 Å². The summed E-state index contributed by atoms with van der Waals surface area (Å²) in [5, 5.41) is 12.3. The molecule has 0 radical (unpaired) electrons. The maximum absolute atomic E-state index is 12.3. The Labute approximate surface area is 108 Å². The third-order valence-corrected chi connectivity index (χ3v) is 4.05. The maximum atomic E-state index is 12.3. The zero-order valence-corrected chi connectivity index (χ0v) is 10.9. The summed E-state index contributed by atoms with van der Waals surface area (Å²) in [5.41, 5.74) is 0. The first-order valence-corrected chi connectivity index (χ1v) is 6.83. The van der Waals surface area contributed by atoms with E-state index in [9.17, 15) is 9.59 Å². The van der Waals surface area contributed by atoms with Crippen LogP contribution >= 0.6 is 0 Å². The molecule has 102 valence electrons. The molecule has 2 rings (SSSR count). The summed E-state index contributed by atoms with van der Waals surface area (Å²) in [6.45, 7) is 4.13. The zero-order valence-electron chi connectivity index (χ0n) is 10.9. The molecule has 0 spiro atoms. The maximum Gasteiger partial charge on any atom is 0.308 e. The fourth-order valence-electron chi connectivity index (χ4n) is 2.89. The lowest BCUT2D eigenvalue weighted by molar-refractivity contribution is -0.146. The number of carboxylic acids is 1. The van der Waals surface area contributed by atoms with Crippen LogP contribution in [0.15, 0.2) is 0 Å². The summed E-state index contributed by atoms with van der Waals surface area (Å²) in [5.74, 6) is -0.506. The predicted octanol–water partition coefficient (Wildman–Crippen LogP) is 0.698. The first-order chi connectivity index (χ1) is 8.58. The minimum Gasteiger partial charge on any atom is -0.481 e. The number of nitrogens with one attached hydrogen (secondary N) is 1. The number of carbonyl (C=O) groups is 2. The smallest absolute Gasteiger partial charge is 0.308 e. The molecule has 1 amide bonds. The van der Waals surface area contributed by atoms with E-state index in [0.29, 0.717) is 25.4 Å². The van der Waals surface area contributed by atoms with Gasteiger partial charge in [0, 0.05) is 13.1 Å². The lowest BCUT2D eigenvalue weighted by Gasteiger charge is -2.36. The second-order valence-corrected chi connectivity index (χ2v) is 5.60. The highest BCUT2D eigenvalue weighted by molar-refractivity contribution is 5.83. The number of carbonyl (C=O) groups excluding carboxylic acids is 1. The Bertz CT molecular complexity index is 332. The Morgan fingerprint density at radius 1 is 1.33 bits per heavy atom. The number of hydrogen-bond donors (Lipinski definition) is 2. The zero-order chi connectivity index (χ0) is 13.1. The van der Waals surface area contributed by atoms with Crippen LogP contribution in [0.4, 0.5) is 0 Å². The van der Waals surface area contributed by atoms with E-state index in [1.165, 1.54) is 0 Å². The van der Waals surface area contributed by atoms with Gasteiger partial charge in [-0.3, -0.25) is 9.59 Å². The Morgan fingerprint density at radius 3 is 2.78 bits per heavy atom. The molecule has 2 saturated heterocycles. The number of aliphatic carboxylic acids is 1. The first kappa shape index (κ1) is 13.3. The summed E-state index contributed by atoms with van der Waals surface area (Å²) < 4.78 is 0. The highest BCUT2D eigenvalue weighted by Crippen LogP contribution is 2.21. The first-order valence-electron chi connectivity index (χ1n) is 6.83. The van der Waals surface area contributed by atoms with Gasteiger partial charge in [0.25, 0.3) is 0 Å². The number of amides is 1. The van der Waals surface area contributed by atoms with Gasteiger partial charge in [-0.15, -0.1) is 0 Å². The molecule has 0 aliphatic carbocycles. The Hall–Kier alpha value is -1.10. The van der Waals surface area contributed by atoms with Gasteiger partial charge < -0.3 is 15.3 Å². The van der Waals surface area contributed by atoms with Gasteiger partial charge in [0.2, 0.25) is 5.91 Å². The highest BCUT2D eigenvalue weighted by Gasteiger charge is 2.33. The summed E-state index contributed by atoms with van der Waals surface area (Å²) in [6.07, 6.45) is 3.47. The van der Waals surface area contributed by atoms with Crippen LogP contribution in [0.5, 0.6) is 0 Å². The van der Waals surface area contributed by atoms with E-state index in [2.05, 4.69) is 12.2 Å². The van der Waals surface area contributed by atoms with Crippen LogP contribution in [-0.2, 0) is 9.59 Å². The van der Waals surface area contributed by atoms with E-state index in [1.807, 2.05) is 0 Å². The highest BCUT2D eigenvalue weighted by atomic mass is 16.4. The van der Waals surface area contributed by atoms with E-state index in [4.69, 9.17) is 5.11 Å². The lowest BCUT2D eigenvalue weighted by Crippen LogP contribution is -2.53. The largest absolute Gasteiger partial charge is 0.481 e. The van der Waals surface area contributed by atoms with Crippen LogP contribution in [0.1, 0.15) is 32.6 Å². The average molecular weight is 254 g/mol. The standard InChI is InChI=1S/C13H22N2O3/c1-9-4-5-14-11(7-9)12(16)15-6-2-3-10(8-15)13(17)18/h9-11,14H,2-8H2,1H3,(H,17,18)/t9?,10-,11?/m1/s1. The Kier molecular flexibility index (Phi) is 4.22. The van der Waals surface area contributed by atoms with Crippen LogP contribution in [0.3, 0.4) is 0 Å². The van der Waals surface area contributed by atoms with Crippen molar-refractivity contribution in [3.8, 4) is 0 Å². The molecule has 2 aliphatic rings. The molecule has 2 fully saturated rings. The molecule has 2 unspecified atom stereocenters. The van der Waals surface area contributed by atoms with E-state index in [0.717, 1.165) is 25.8 Å². The van der Waals surface area contributed by atoms with Crippen molar-refractivity contribution in [1.29, 1.82) is 0 Å². The third-order valence-electron chi connectivity index (χ3n) is 4.05. The molecule has 0 aromatic carbocycles. The molecular formula is C13H22N2O3. The van der Waals surface area contributed by atoms with Gasteiger partial charge in [-0.1, -0.05) is 6.92 Å². The van der Waals surface area contributed by atoms with Crippen molar-refractivity contribution in [3.63, 3.8) is 0 Å². The number of hydrogen-bond acceptors (Lipinski definition) is 3. The van der Waals surface area contributed by atoms with Crippen LogP contribution in [0.25, 0.3) is 0 Å². The van der Waals surface area contributed by atoms with Gasteiger partial charge in [0.15, 0.2) is 0 Å². The van der Waals surface area contributed by atoms with E-state index >= 15 is 0 Å². The Balaban J connectivity index is 1.93. The summed E-state index contributed by atoms with van der Waals surface area (Å²) in [4.78, 5) is 25.1. The number of rotatable bonds is 2. The van der Waals surface area contributed by atoms with Crippen LogP contribution in [-0.4, -0.2) is 47.6 Å². The summed E-state index contributed by atoms with van der Waals surface area (Å²) in [6, 6.07) is -0.110. The van der Waals surface area contributed by atoms with Gasteiger partial charge in [-0.25, -0.2) is 0 Å². The van der Waals surface area contributed by atoms with Gasteiger partial charge in [-0.2, -0.15) is 0 Å². The molecule has 0 aromatic heterocycles. The van der Waals surface area contributed by atoms with Gasteiger partial charge in [0.05, 0.1) is 12.0 Å². The van der Waals surface area contributed by atoms with E-state index < -0.39 is 5.97 Å². The average Bonchev–Trinajstić information content (AvgIpc) is 2.38. The quantitative estimate of drug-likeness (QED) is 0.761. The van der Waals surface area contributed by atoms with Gasteiger partial charge in [-0.05, 0) is 38.1 Å². The van der Waals surface area contributed by atoms with Crippen LogP contribution in [0.2, 0.25) is 0 Å². The number of piperidine rings is 2. The minimum atomic E-state index is -0.780. The molecular weight excluding hydrogens is 232 g/mol. The minimum absolute atomic E-state index is 0.0903. The van der Waals surface area contributed by atoms with Crippen LogP contribution in [0, 0.1) is 11.8 Å². The fourth-order valence-corrected chi connectivity index (χ4v) is 2.89. The second kappa shape index (κ2) is 5.69. The van der Waals surface area contributed by atoms with Crippen molar-refractivity contribution in [1.82, 2.24) is 10.2 Å². The van der Waals surface area contributed by atoms with Gasteiger partial charge >= 0.3 is 5.97 Å². The van der Waals surface area contributed by atoms with E-state index in [1.54, 1.807) is 4.90 Å². The van der Waals surface area contributed by atoms with Crippen molar-refractivity contribution in [3.05, 3.63) is 0 Å². The Morgan fingerprint density at radius 2 is 2.11 bits per heavy atom. The number of nitrogens with zero attached hydrogens (tertiary/aromatic N) is 1. The van der Waals surface area contributed by atoms with Crippen molar-refractivity contribution in [2.45, 2.75) is 38.6 Å². The molecule has 2 N–H and O–H groups in total. The summed E-state index contributed by atoms with van der Waals surface area (Å²) >= 11 is 0. The summed E-state index contributed by atoms with van der Waals surface area (Å²) in [7, 11) is 0. The fraction of sp³-hybridized carbons (Fsp3) is 0.846. The SMILES string of the molecule is CC1CCNC(C(=O)N2CCC[C@@H](C(=O)O)C2)C1. The van der Waals surface area contributed by atoms with Crippen molar-refractivity contribution in [2.75, 3.05) is 19.6 Å². The third kappa shape index (κ3) is 3.02. The number of likely N-dealkylation sites (tertiary alicyclic amines) is 1. The topological polar surface area (TPSA) is 69.6 Å². The molecule has 0 aromatic rings. The molecule has 3 atom stereocenters. The predicted molar refractivity (Wildman–Crippen MR) is 67.1 cm³/mol. The van der Waals surface area contributed by atoms with Gasteiger partial charge in [0.1, 0.15) is 0 Å². The second-order valence-electron chi connectivity index (χ2n) is 5.60. The molecule has 2 heterocycles. The molecule has 0 bridgehead atoms. The molecule has 2 aliphatic heterocycles. The molecule has 5 nitrogen and oxygen atoms in total. The molecule has 18 heavy (non-hydrogen) atoms. The normalized spacial score (nSPS) is 33.2. The lowest BCUT2D eigenvalue weighted by atomic mass is 9.92.